The average molecular weight is 281 g/mol. The highest BCUT2D eigenvalue weighted by atomic mass is 35.5. The van der Waals surface area contributed by atoms with Gasteiger partial charge in [-0.1, -0.05) is 35.1 Å². The number of benzene rings is 1. The van der Waals surface area contributed by atoms with Gasteiger partial charge in [-0.15, -0.1) is 0 Å². The third-order valence-electron chi connectivity index (χ3n) is 2.84. The Hall–Kier alpha value is -1.39. The number of aldehydes is 1. The van der Waals surface area contributed by atoms with E-state index in [1.54, 1.807) is 6.20 Å². The Bertz CT molecular complexity index is 555. The van der Waals surface area contributed by atoms with Crippen molar-refractivity contribution in [3.8, 4) is 0 Å². The monoisotopic (exact) mass is 280 g/mol. The molecule has 1 aromatic heterocycles. The third kappa shape index (κ3) is 2.71. The second-order valence-corrected chi connectivity index (χ2v) is 5.48. The van der Waals surface area contributed by atoms with Crippen LogP contribution in [-0.2, 0) is 0 Å². The second kappa shape index (κ2) is 5.50. The van der Waals surface area contributed by atoms with Crippen molar-refractivity contribution in [2.45, 2.75) is 13.0 Å². The molecule has 0 radical (unpaired) electrons. The summed E-state index contributed by atoms with van der Waals surface area (Å²) < 4.78 is 0. The number of rotatable bonds is 4. The largest absolute Gasteiger partial charge is 0.344 e. The van der Waals surface area contributed by atoms with Crippen LogP contribution in [-0.4, -0.2) is 18.3 Å². The molecule has 0 aliphatic carbocycles. The summed E-state index contributed by atoms with van der Waals surface area (Å²) in [5.74, 6) is 0. The van der Waals surface area contributed by atoms with Gasteiger partial charge < -0.3 is 4.90 Å². The molecule has 0 saturated carbocycles. The van der Waals surface area contributed by atoms with Crippen LogP contribution in [0.2, 0.25) is 5.02 Å². The lowest BCUT2D eigenvalue weighted by molar-refractivity contribution is 0.112. The molecule has 3 nitrogen and oxygen atoms in total. The molecule has 0 fully saturated rings. The molecule has 0 aliphatic rings. The summed E-state index contributed by atoms with van der Waals surface area (Å²) in [6, 6.07) is 7.90. The molecule has 0 spiro atoms. The minimum absolute atomic E-state index is 0.148. The van der Waals surface area contributed by atoms with Crippen molar-refractivity contribution in [1.82, 2.24) is 4.98 Å². The molecule has 2 aromatic rings. The van der Waals surface area contributed by atoms with Crippen molar-refractivity contribution >= 4 is 34.4 Å². The number of aromatic nitrogens is 1. The molecule has 1 unspecified atom stereocenters. The van der Waals surface area contributed by atoms with E-state index in [9.17, 15) is 4.79 Å². The molecule has 94 valence electrons. The Labute approximate surface area is 115 Å². The van der Waals surface area contributed by atoms with Gasteiger partial charge in [0.15, 0.2) is 11.4 Å². The minimum Gasteiger partial charge on any atom is -0.344 e. The van der Waals surface area contributed by atoms with Crippen LogP contribution in [0.3, 0.4) is 0 Å². The number of halogens is 1. The molecule has 5 heteroatoms. The van der Waals surface area contributed by atoms with Crippen molar-refractivity contribution in [2.75, 3.05) is 11.9 Å². The molecule has 1 atom stereocenters. The topological polar surface area (TPSA) is 33.2 Å². The fourth-order valence-electron chi connectivity index (χ4n) is 1.65. The predicted octanol–water partition coefficient (Wildman–Crippen LogP) is 3.81. The summed E-state index contributed by atoms with van der Waals surface area (Å²) >= 11 is 7.37. The molecule has 0 aliphatic heterocycles. The standard InChI is InChI=1S/C13H13ClN2OS/c1-9(10-4-3-5-11(14)6-10)16(2)13-15-7-12(8-17)18-13/h3-9H,1-2H3. The van der Waals surface area contributed by atoms with E-state index in [4.69, 9.17) is 11.6 Å². The number of carbonyl (C=O) groups is 1. The van der Waals surface area contributed by atoms with E-state index in [1.165, 1.54) is 11.3 Å². The Kier molecular flexibility index (Phi) is 3.99. The van der Waals surface area contributed by atoms with Crippen LogP contribution in [0, 0.1) is 0 Å². The van der Waals surface area contributed by atoms with Crippen molar-refractivity contribution in [2.24, 2.45) is 0 Å². The van der Waals surface area contributed by atoms with Gasteiger partial charge in [0.25, 0.3) is 0 Å². The van der Waals surface area contributed by atoms with Gasteiger partial charge in [0.05, 0.1) is 17.1 Å². The first-order valence-corrected chi connectivity index (χ1v) is 6.70. The Balaban J connectivity index is 2.22. The summed E-state index contributed by atoms with van der Waals surface area (Å²) in [7, 11) is 1.96. The summed E-state index contributed by atoms with van der Waals surface area (Å²) in [5, 5.41) is 1.55. The zero-order valence-electron chi connectivity index (χ0n) is 10.1. The first kappa shape index (κ1) is 13.1. The highest BCUT2D eigenvalue weighted by Gasteiger charge is 2.15. The summed E-state index contributed by atoms with van der Waals surface area (Å²) in [6.45, 7) is 2.08. The maximum Gasteiger partial charge on any atom is 0.186 e. The van der Waals surface area contributed by atoms with Crippen molar-refractivity contribution in [1.29, 1.82) is 0 Å². The fraction of sp³-hybridized carbons (Fsp3) is 0.231. The van der Waals surface area contributed by atoms with Gasteiger partial charge >= 0.3 is 0 Å². The lowest BCUT2D eigenvalue weighted by atomic mass is 10.1. The van der Waals surface area contributed by atoms with Gasteiger partial charge in [-0.05, 0) is 24.6 Å². The van der Waals surface area contributed by atoms with E-state index in [1.807, 2.05) is 36.2 Å². The molecule has 1 aromatic carbocycles. The molecule has 0 N–H and O–H groups in total. The van der Waals surface area contributed by atoms with Crippen molar-refractivity contribution < 1.29 is 4.79 Å². The zero-order valence-corrected chi connectivity index (χ0v) is 11.7. The van der Waals surface area contributed by atoms with Gasteiger partial charge in [-0.3, -0.25) is 4.79 Å². The SMILES string of the molecule is CC(c1cccc(Cl)c1)N(C)c1ncc(C=O)s1. The summed E-state index contributed by atoms with van der Waals surface area (Å²) in [4.78, 5) is 17.6. The van der Waals surface area contributed by atoms with E-state index in [0.29, 0.717) is 4.88 Å². The predicted molar refractivity (Wildman–Crippen MR) is 75.8 cm³/mol. The van der Waals surface area contributed by atoms with Gasteiger partial charge in [-0.2, -0.15) is 0 Å². The molecule has 0 bridgehead atoms. The highest BCUT2D eigenvalue weighted by molar-refractivity contribution is 7.17. The van der Waals surface area contributed by atoms with Crippen molar-refractivity contribution in [3.63, 3.8) is 0 Å². The fourth-order valence-corrected chi connectivity index (χ4v) is 2.62. The van der Waals surface area contributed by atoms with E-state index in [2.05, 4.69) is 11.9 Å². The number of anilines is 1. The first-order chi connectivity index (χ1) is 8.61. The number of thiazole rings is 1. The average Bonchev–Trinajstić information content (AvgIpc) is 2.85. The van der Waals surface area contributed by atoms with E-state index in [0.717, 1.165) is 22.0 Å². The van der Waals surface area contributed by atoms with E-state index < -0.39 is 0 Å². The highest BCUT2D eigenvalue weighted by Crippen LogP contribution is 2.29. The number of carbonyl (C=O) groups excluding carboxylic acids is 1. The van der Waals surface area contributed by atoms with Crippen LogP contribution >= 0.6 is 22.9 Å². The smallest absolute Gasteiger partial charge is 0.186 e. The second-order valence-electron chi connectivity index (χ2n) is 4.00. The van der Waals surface area contributed by atoms with Crippen LogP contribution < -0.4 is 4.90 Å². The number of nitrogens with zero attached hydrogens (tertiary/aromatic N) is 2. The van der Waals surface area contributed by atoms with Crippen LogP contribution in [0.25, 0.3) is 0 Å². The Morgan fingerprint density at radius 2 is 2.28 bits per heavy atom. The minimum atomic E-state index is 0.148. The summed E-state index contributed by atoms with van der Waals surface area (Å²) in [5.41, 5.74) is 1.12. The van der Waals surface area contributed by atoms with Gasteiger partial charge in [0.1, 0.15) is 0 Å². The molecule has 2 rings (SSSR count). The molecule has 18 heavy (non-hydrogen) atoms. The third-order valence-corrected chi connectivity index (χ3v) is 4.09. The van der Waals surface area contributed by atoms with Crippen LogP contribution in [0.5, 0.6) is 0 Å². The quantitative estimate of drug-likeness (QED) is 0.799. The normalized spacial score (nSPS) is 12.2. The molecule has 0 amide bonds. The lowest BCUT2D eigenvalue weighted by Gasteiger charge is -2.24. The first-order valence-electron chi connectivity index (χ1n) is 5.51. The Morgan fingerprint density at radius 1 is 1.50 bits per heavy atom. The van der Waals surface area contributed by atoms with Crippen LogP contribution in [0.4, 0.5) is 5.13 Å². The molecular weight excluding hydrogens is 268 g/mol. The molecule has 1 heterocycles. The van der Waals surface area contributed by atoms with Crippen molar-refractivity contribution in [3.05, 3.63) is 45.9 Å². The number of hydrogen-bond donors (Lipinski definition) is 0. The Morgan fingerprint density at radius 3 is 2.89 bits per heavy atom. The number of hydrogen-bond acceptors (Lipinski definition) is 4. The maximum absolute atomic E-state index is 10.7. The van der Waals surface area contributed by atoms with Gasteiger partial charge in [-0.25, -0.2) is 4.98 Å². The zero-order chi connectivity index (χ0) is 13.1. The van der Waals surface area contributed by atoms with Gasteiger partial charge in [0, 0.05) is 12.1 Å². The van der Waals surface area contributed by atoms with E-state index in [-0.39, 0.29) is 6.04 Å². The lowest BCUT2D eigenvalue weighted by Crippen LogP contribution is -2.21. The van der Waals surface area contributed by atoms with E-state index >= 15 is 0 Å². The summed E-state index contributed by atoms with van der Waals surface area (Å²) in [6.07, 6.45) is 2.41. The molecule has 0 saturated heterocycles. The maximum atomic E-state index is 10.7. The van der Waals surface area contributed by atoms with Crippen LogP contribution in [0.15, 0.2) is 30.5 Å². The van der Waals surface area contributed by atoms with Crippen LogP contribution in [0.1, 0.15) is 28.2 Å². The molecular formula is C13H13ClN2OS. The van der Waals surface area contributed by atoms with Gasteiger partial charge in [0.2, 0.25) is 0 Å².